The van der Waals surface area contributed by atoms with Gasteiger partial charge in [-0.2, -0.15) is 0 Å². The van der Waals surface area contributed by atoms with Gasteiger partial charge in [-0.25, -0.2) is 0 Å². The van der Waals surface area contributed by atoms with E-state index in [1.165, 1.54) is 0 Å². The van der Waals surface area contributed by atoms with Gasteiger partial charge in [-0.05, 0) is 35.0 Å². The van der Waals surface area contributed by atoms with Crippen LogP contribution in [0.4, 0.5) is 5.69 Å². The van der Waals surface area contributed by atoms with Crippen LogP contribution in [0.3, 0.4) is 0 Å². The van der Waals surface area contributed by atoms with Gasteiger partial charge in [0, 0.05) is 6.61 Å². The molecule has 1 rings (SSSR count). The molecular formula is C11H13BrClNO2. The number of carbonyl (C=O) groups excluding carboxylic acids is 1. The minimum absolute atomic E-state index is 0.0867. The summed E-state index contributed by atoms with van der Waals surface area (Å²) in [5, 5.41) is 3.33. The van der Waals surface area contributed by atoms with Gasteiger partial charge in [0.25, 0.3) is 0 Å². The lowest BCUT2D eigenvalue weighted by Gasteiger charge is -2.08. The summed E-state index contributed by atoms with van der Waals surface area (Å²) >= 11 is 9.21. The van der Waals surface area contributed by atoms with Crippen LogP contribution >= 0.6 is 27.5 Å². The van der Waals surface area contributed by atoms with Crippen molar-refractivity contribution in [1.82, 2.24) is 0 Å². The van der Waals surface area contributed by atoms with Crippen LogP contribution in [-0.2, 0) is 9.53 Å². The molecule has 1 aromatic carbocycles. The Morgan fingerprint density at radius 1 is 1.56 bits per heavy atom. The average molecular weight is 307 g/mol. The first kappa shape index (κ1) is 13.5. The molecule has 5 heteroatoms. The molecular weight excluding hydrogens is 293 g/mol. The van der Waals surface area contributed by atoms with Gasteiger partial charge in [0.2, 0.25) is 5.91 Å². The lowest BCUT2D eigenvalue weighted by Crippen LogP contribution is -2.14. The monoisotopic (exact) mass is 305 g/mol. The highest BCUT2D eigenvalue weighted by Gasteiger charge is 2.07. The van der Waals surface area contributed by atoms with Gasteiger partial charge < -0.3 is 10.1 Å². The maximum absolute atomic E-state index is 11.5. The number of ether oxygens (including phenoxy) is 1. The Balaban J connectivity index is 2.53. The van der Waals surface area contributed by atoms with Gasteiger partial charge >= 0.3 is 0 Å². The summed E-state index contributed by atoms with van der Waals surface area (Å²) < 4.78 is 5.79. The number of hydrogen-bond donors (Lipinski definition) is 1. The first-order valence-electron chi connectivity index (χ1n) is 4.96. The Bertz CT molecular complexity index is 371. The first-order valence-corrected chi connectivity index (χ1v) is 6.14. The maximum atomic E-state index is 11.5. The smallest absolute Gasteiger partial charge is 0.226 e. The number of anilines is 1. The van der Waals surface area contributed by atoms with Gasteiger partial charge in [-0.15, -0.1) is 0 Å². The van der Waals surface area contributed by atoms with Crippen molar-refractivity contribution >= 4 is 39.1 Å². The average Bonchev–Trinajstić information content (AvgIpc) is 2.25. The predicted octanol–water partition coefficient (Wildman–Crippen LogP) is 3.47. The molecule has 0 radical (unpaired) electrons. The number of carbonyl (C=O) groups is 1. The SMILES string of the molecule is CCOCCC(=O)Nc1cccc(Cl)c1Br. The quantitative estimate of drug-likeness (QED) is 0.846. The normalized spacial score (nSPS) is 10.2. The number of halogens is 2. The van der Waals surface area contributed by atoms with E-state index < -0.39 is 0 Å². The van der Waals surface area contributed by atoms with Crippen molar-refractivity contribution in [3.05, 3.63) is 27.7 Å². The summed E-state index contributed by atoms with van der Waals surface area (Å²) in [5.41, 5.74) is 0.675. The molecule has 0 saturated carbocycles. The van der Waals surface area contributed by atoms with Crippen molar-refractivity contribution in [3.8, 4) is 0 Å². The third-order valence-electron chi connectivity index (χ3n) is 1.90. The molecule has 0 aromatic heterocycles. The van der Waals surface area contributed by atoms with Gasteiger partial charge in [-0.1, -0.05) is 17.7 Å². The summed E-state index contributed by atoms with van der Waals surface area (Å²) in [6.07, 6.45) is 0.340. The predicted molar refractivity (Wildman–Crippen MR) is 68.9 cm³/mol. The van der Waals surface area contributed by atoms with Crippen LogP contribution in [0.5, 0.6) is 0 Å². The topological polar surface area (TPSA) is 38.3 Å². The van der Waals surface area contributed by atoms with Crippen LogP contribution in [0.25, 0.3) is 0 Å². The second-order valence-corrected chi connectivity index (χ2v) is 4.30. The number of hydrogen-bond acceptors (Lipinski definition) is 2. The molecule has 0 spiro atoms. The van der Waals surface area contributed by atoms with Crippen LogP contribution in [0.15, 0.2) is 22.7 Å². The largest absolute Gasteiger partial charge is 0.381 e. The Hall–Kier alpha value is -0.580. The third-order valence-corrected chi connectivity index (χ3v) is 3.30. The fourth-order valence-electron chi connectivity index (χ4n) is 1.12. The lowest BCUT2D eigenvalue weighted by molar-refractivity contribution is -0.117. The van der Waals surface area contributed by atoms with Crippen molar-refractivity contribution in [2.75, 3.05) is 18.5 Å². The first-order chi connectivity index (χ1) is 7.65. The Morgan fingerprint density at radius 3 is 3.00 bits per heavy atom. The van der Waals surface area contributed by atoms with Gasteiger partial charge in [0.05, 0.1) is 28.2 Å². The second-order valence-electron chi connectivity index (χ2n) is 3.10. The summed E-state index contributed by atoms with van der Waals surface area (Å²) in [6, 6.07) is 5.32. The zero-order valence-electron chi connectivity index (χ0n) is 8.93. The van der Waals surface area contributed by atoms with Gasteiger partial charge in [-0.3, -0.25) is 4.79 Å². The zero-order valence-corrected chi connectivity index (χ0v) is 11.3. The Morgan fingerprint density at radius 2 is 2.31 bits per heavy atom. The Labute approximate surface area is 108 Å². The van der Waals surface area contributed by atoms with E-state index in [0.717, 1.165) is 0 Å². The van der Waals surface area contributed by atoms with Crippen LogP contribution in [0, 0.1) is 0 Å². The van der Waals surface area contributed by atoms with E-state index in [-0.39, 0.29) is 5.91 Å². The Kier molecular flexibility index (Phi) is 5.80. The fraction of sp³-hybridized carbons (Fsp3) is 0.364. The summed E-state index contributed by atoms with van der Waals surface area (Å²) in [6.45, 7) is 2.94. The maximum Gasteiger partial charge on any atom is 0.226 e. The van der Waals surface area contributed by atoms with Crippen molar-refractivity contribution in [1.29, 1.82) is 0 Å². The molecule has 0 saturated heterocycles. The molecule has 16 heavy (non-hydrogen) atoms. The lowest BCUT2D eigenvalue weighted by atomic mass is 10.3. The number of rotatable bonds is 5. The number of nitrogens with one attached hydrogen (secondary N) is 1. The van der Waals surface area contributed by atoms with E-state index in [4.69, 9.17) is 16.3 Å². The molecule has 0 fully saturated rings. The third kappa shape index (κ3) is 4.12. The van der Waals surface area contributed by atoms with E-state index in [0.29, 0.717) is 34.8 Å². The molecule has 0 aliphatic rings. The molecule has 1 aromatic rings. The van der Waals surface area contributed by atoms with Gasteiger partial charge in [0.15, 0.2) is 0 Å². The molecule has 0 aliphatic carbocycles. The van der Waals surface area contributed by atoms with Crippen LogP contribution < -0.4 is 5.32 Å². The van der Waals surface area contributed by atoms with E-state index in [1.54, 1.807) is 18.2 Å². The van der Waals surface area contributed by atoms with Crippen LogP contribution in [-0.4, -0.2) is 19.1 Å². The standard InChI is InChI=1S/C11H13BrClNO2/c1-2-16-7-6-10(15)14-9-5-3-4-8(13)11(9)12/h3-5H,2,6-7H2,1H3,(H,14,15). The minimum Gasteiger partial charge on any atom is -0.381 e. The molecule has 88 valence electrons. The second kappa shape index (κ2) is 6.89. The van der Waals surface area contributed by atoms with Crippen molar-refractivity contribution in [3.63, 3.8) is 0 Å². The van der Waals surface area contributed by atoms with E-state index in [9.17, 15) is 4.79 Å². The van der Waals surface area contributed by atoms with E-state index >= 15 is 0 Å². The molecule has 1 N–H and O–H groups in total. The molecule has 0 aliphatic heterocycles. The van der Waals surface area contributed by atoms with Gasteiger partial charge in [0.1, 0.15) is 0 Å². The highest BCUT2D eigenvalue weighted by molar-refractivity contribution is 9.10. The fourth-order valence-corrected chi connectivity index (χ4v) is 1.66. The van der Waals surface area contributed by atoms with E-state index in [2.05, 4.69) is 21.2 Å². The zero-order chi connectivity index (χ0) is 12.0. The molecule has 1 amide bonds. The summed E-state index contributed by atoms with van der Waals surface area (Å²) in [4.78, 5) is 11.5. The highest BCUT2D eigenvalue weighted by atomic mass is 79.9. The van der Waals surface area contributed by atoms with E-state index in [1.807, 2.05) is 6.92 Å². The molecule has 0 bridgehead atoms. The highest BCUT2D eigenvalue weighted by Crippen LogP contribution is 2.29. The van der Waals surface area contributed by atoms with Crippen LogP contribution in [0.1, 0.15) is 13.3 Å². The van der Waals surface area contributed by atoms with Crippen LogP contribution in [0.2, 0.25) is 5.02 Å². The molecule has 0 unspecified atom stereocenters. The van der Waals surface area contributed by atoms with Crippen molar-refractivity contribution < 1.29 is 9.53 Å². The number of benzene rings is 1. The summed E-state index contributed by atoms with van der Waals surface area (Å²) in [7, 11) is 0. The minimum atomic E-state index is -0.0867. The van der Waals surface area contributed by atoms with Crippen molar-refractivity contribution in [2.24, 2.45) is 0 Å². The summed E-state index contributed by atoms with van der Waals surface area (Å²) in [5.74, 6) is -0.0867. The van der Waals surface area contributed by atoms with Crippen molar-refractivity contribution in [2.45, 2.75) is 13.3 Å². The molecule has 0 atom stereocenters. The number of amides is 1. The molecule has 0 heterocycles. The molecule has 3 nitrogen and oxygen atoms in total.